The van der Waals surface area contributed by atoms with Crippen LogP contribution in [-0.4, -0.2) is 62.9 Å². The van der Waals surface area contributed by atoms with Crippen LogP contribution in [0.4, 0.5) is 0 Å². The Morgan fingerprint density at radius 2 is 2.18 bits per heavy atom. The standard InChI is InChI=1S/C12H22N2O3/c1-16-11(15)12(4-2-3-5-13-12)10-14-6-8-17-9-7-14/h13H,2-10H2,1H3. The highest BCUT2D eigenvalue weighted by Gasteiger charge is 2.42. The van der Waals surface area contributed by atoms with Crippen LogP contribution in [0.2, 0.25) is 0 Å². The summed E-state index contributed by atoms with van der Waals surface area (Å²) in [6, 6.07) is 0. The van der Waals surface area contributed by atoms with Gasteiger partial charge in [0, 0.05) is 19.6 Å². The number of carbonyl (C=O) groups excluding carboxylic acids is 1. The van der Waals surface area contributed by atoms with Gasteiger partial charge in [0.1, 0.15) is 5.54 Å². The van der Waals surface area contributed by atoms with Gasteiger partial charge in [0.15, 0.2) is 0 Å². The van der Waals surface area contributed by atoms with E-state index < -0.39 is 5.54 Å². The molecule has 0 bridgehead atoms. The lowest BCUT2D eigenvalue weighted by molar-refractivity contribution is -0.151. The molecule has 1 N–H and O–H groups in total. The zero-order chi connectivity index (χ0) is 12.1. The minimum absolute atomic E-state index is 0.122. The summed E-state index contributed by atoms with van der Waals surface area (Å²) in [5.74, 6) is -0.122. The van der Waals surface area contributed by atoms with Crippen LogP contribution in [0.25, 0.3) is 0 Å². The summed E-state index contributed by atoms with van der Waals surface area (Å²) in [5.41, 5.74) is -0.496. The number of hydrogen-bond acceptors (Lipinski definition) is 5. The Balaban J connectivity index is 2.01. The maximum atomic E-state index is 12.0. The summed E-state index contributed by atoms with van der Waals surface area (Å²) in [6.07, 6.45) is 3.10. The van der Waals surface area contributed by atoms with Crippen LogP contribution in [-0.2, 0) is 14.3 Å². The van der Waals surface area contributed by atoms with Crippen molar-refractivity contribution in [3.63, 3.8) is 0 Å². The number of esters is 1. The SMILES string of the molecule is COC(=O)C1(CN2CCOCC2)CCCCN1. The molecule has 2 fully saturated rings. The number of hydrogen-bond donors (Lipinski definition) is 1. The van der Waals surface area contributed by atoms with Crippen LogP contribution in [0.3, 0.4) is 0 Å². The molecule has 2 heterocycles. The molecular formula is C12H22N2O3. The zero-order valence-corrected chi connectivity index (χ0v) is 10.5. The van der Waals surface area contributed by atoms with Crippen LogP contribution < -0.4 is 5.32 Å². The molecule has 2 aliphatic rings. The van der Waals surface area contributed by atoms with Crippen molar-refractivity contribution >= 4 is 5.97 Å². The highest BCUT2D eigenvalue weighted by atomic mass is 16.5. The third kappa shape index (κ3) is 2.97. The van der Waals surface area contributed by atoms with Gasteiger partial charge in [-0.2, -0.15) is 0 Å². The monoisotopic (exact) mass is 242 g/mol. The number of morpholine rings is 1. The molecule has 1 unspecified atom stereocenters. The second kappa shape index (κ2) is 5.80. The molecule has 0 radical (unpaired) electrons. The second-order valence-electron chi connectivity index (χ2n) is 4.85. The molecule has 5 nitrogen and oxygen atoms in total. The number of piperidine rings is 1. The molecule has 2 rings (SSSR count). The van der Waals surface area contributed by atoms with E-state index in [1.165, 1.54) is 7.11 Å². The average Bonchev–Trinajstić information content (AvgIpc) is 2.40. The average molecular weight is 242 g/mol. The molecule has 1 atom stereocenters. The highest BCUT2D eigenvalue weighted by Crippen LogP contribution is 2.22. The first-order chi connectivity index (χ1) is 8.27. The fraction of sp³-hybridized carbons (Fsp3) is 0.917. The van der Waals surface area contributed by atoms with Crippen LogP contribution in [0.15, 0.2) is 0 Å². The number of nitrogens with zero attached hydrogens (tertiary/aromatic N) is 1. The van der Waals surface area contributed by atoms with E-state index in [9.17, 15) is 4.79 Å². The first-order valence-corrected chi connectivity index (χ1v) is 6.40. The van der Waals surface area contributed by atoms with Gasteiger partial charge in [-0.3, -0.25) is 9.69 Å². The van der Waals surface area contributed by atoms with Crippen LogP contribution >= 0.6 is 0 Å². The van der Waals surface area contributed by atoms with E-state index >= 15 is 0 Å². The van der Waals surface area contributed by atoms with Gasteiger partial charge >= 0.3 is 5.97 Å². The molecule has 5 heteroatoms. The van der Waals surface area contributed by atoms with Crippen molar-refractivity contribution in [1.29, 1.82) is 0 Å². The Bertz CT molecular complexity index is 258. The van der Waals surface area contributed by atoms with Crippen molar-refractivity contribution in [2.24, 2.45) is 0 Å². The van der Waals surface area contributed by atoms with E-state index in [0.29, 0.717) is 0 Å². The highest BCUT2D eigenvalue weighted by molar-refractivity contribution is 5.81. The molecule has 2 saturated heterocycles. The van der Waals surface area contributed by atoms with Gasteiger partial charge in [0.25, 0.3) is 0 Å². The molecule has 2 aliphatic heterocycles. The first-order valence-electron chi connectivity index (χ1n) is 6.40. The summed E-state index contributed by atoms with van der Waals surface area (Å²) >= 11 is 0. The van der Waals surface area contributed by atoms with E-state index in [4.69, 9.17) is 9.47 Å². The third-order valence-corrected chi connectivity index (χ3v) is 3.67. The Hall–Kier alpha value is -0.650. The topological polar surface area (TPSA) is 50.8 Å². The maximum Gasteiger partial charge on any atom is 0.327 e. The summed E-state index contributed by atoms with van der Waals surface area (Å²) in [6.45, 7) is 4.97. The molecular weight excluding hydrogens is 220 g/mol. The van der Waals surface area contributed by atoms with E-state index in [2.05, 4.69) is 10.2 Å². The van der Waals surface area contributed by atoms with Gasteiger partial charge < -0.3 is 14.8 Å². The van der Waals surface area contributed by atoms with Crippen LogP contribution in [0, 0.1) is 0 Å². The van der Waals surface area contributed by atoms with Crippen molar-refractivity contribution in [2.75, 3.05) is 46.5 Å². The number of nitrogens with one attached hydrogen (secondary N) is 1. The molecule has 0 aromatic rings. The Labute approximate surface area is 102 Å². The molecule has 0 spiro atoms. The second-order valence-corrected chi connectivity index (χ2v) is 4.85. The van der Waals surface area contributed by atoms with Gasteiger partial charge in [-0.25, -0.2) is 0 Å². The number of ether oxygens (including phenoxy) is 2. The van der Waals surface area contributed by atoms with E-state index in [-0.39, 0.29) is 5.97 Å². The number of carbonyl (C=O) groups is 1. The van der Waals surface area contributed by atoms with Gasteiger partial charge in [0.2, 0.25) is 0 Å². The first kappa shape index (κ1) is 12.8. The molecule has 0 saturated carbocycles. The molecule has 0 aliphatic carbocycles. The van der Waals surface area contributed by atoms with Gasteiger partial charge in [-0.1, -0.05) is 0 Å². The number of rotatable bonds is 3. The molecule has 0 amide bonds. The third-order valence-electron chi connectivity index (χ3n) is 3.67. The molecule has 17 heavy (non-hydrogen) atoms. The van der Waals surface area contributed by atoms with Crippen LogP contribution in [0.1, 0.15) is 19.3 Å². The summed E-state index contributed by atoms with van der Waals surface area (Å²) in [5, 5.41) is 3.37. The fourth-order valence-corrected chi connectivity index (χ4v) is 2.68. The lowest BCUT2D eigenvalue weighted by atomic mass is 9.88. The van der Waals surface area contributed by atoms with Crippen molar-refractivity contribution < 1.29 is 14.3 Å². The quantitative estimate of drug-likeness (QED) is 0.706. The molecule has 98 valence electrons. The smallest absolute Gasteiger partial charge is 0.327 e. The van der Waals surface area contributed by atoms with Gasteiger partial charge in [-0.05, 0) is 25.8 Å². The molecule has 0 aromatic heterocycles. The molecule has 0 aromatic carbocycles. The predicted molar refractivity (Wildman–Crippen MR) is 63.9 cm³/mol. The zero-order valence-electron chi connectivity index (χ0n) is 10.5. The van der Waals surface area contributed by atoms with E-state index in [0.717, 1.165) is 58.7 Å². The van der Waals surface area contributed by atoms with E-state index in [1.54, 1.807) is 0 Å². The van der Waals surface area contributed by atoms with Crippen molar-refractivity contribution in [3.8, 4) is 0 Å². The van der Waals surface area contributed by atoms with Crippen molar-refractivity contribution in [1.82, 2.24) is 10.2 Å². The lowest BCUT2D eigenvalue weighted by Gasteiger charge is -2.40. The van der Waals surface area contributed by atoms with Gasteiger partial charge in [0.05, 0.1) is 20.3 Å². The minimum atomic E-state index is -0.496. The summed E-state index contributed by atoms with van der Waals surface area (Å²) < 4.78 is 10.3. The Kier molecular flexibility index (Phi) is 4.36. The largest absolute Gasteiger partial charge is 0.468 e. The maximum absolute atomic E-state index is 12.0. The van der Waals surface area contributed by atoms with E-state index in [1.807, 2.05) is 0 Å². The van der Waals surface area contributed by atoms with Crippen molar-refractivity contribution in [3.05, 3.63) is 0 Å². The van der Waals surface area contributed by atoms with Gasteiger partial charge in [-0.15, -0.1) is 0 Å². The summed E-state index contributed by atoms with van der Waals surface area (Å²) in [7, 11) is 1.47. The minimum Gasteiger partial charge on any atom is -0.468 e. The Morgan fingerprint density at radius 3 is 2.76 bits per heavy atom. The normalized spacial score (nSPS) is 31.1. The number of methoxy groups -OCH3 is 1. The van der Waals surface area contributed by atoms with Crippen molar-refractivity contribution in [2.45, 2.75) is 24.8 Å². The van der Waals surface area contributed by atoms with Crippen LogP contribution in [0.5, 0.6) is 0 Å². The lowest BCUT2D eigenvalue weighted by Crippen LogP contribution is -2.62. The Morgan fingerprint density at radius 1 is 1.41 bits per heavy atom. The fourth-order valence-electron chi connectivity index (χ4n) is 2.68. The summed E-state index contributed by atoms with van der Waals surface area (Å²) in [4.78, 5) is 14.3. The predicted octanol–water partition coefficient (Wildman–Crippen LogP) is 0.00390.